The molecule has 2 rings (SSSR count). The van der Waals surface area contributed by atoms with Crippen molar-refractivity contribution in [2.75, 3.05) is 13.1 Å². The number of hydrogen-bond donors (Lipinski definition) is 1. The van der Waals surface area contributed by atoms with Gasteiger partial charge in [-0.05, 0) is 38.1 Å². The van der Waals surface area contributed by atoms with Gasteiger partial charge in [0.05, 0.1) is 0 Å². The van der Waals surface area contributed by atoms with Crippen LogP contribution in [0.4, 0.5) is 8.78 Å². The highest BCUT2D eigenvalue weighted by Crippen LogP contribution is 2.28. The van der Waals surface area contributed by atoms with E-state index in [0.717, 1.165) is 38.1 Å². The first-order valence-corrected chi connectivity index (χ1v) is 7.59. The van der Waals surface area contributed by atoms with Crippen LogP contribution < -0.4 is 5.32 Å². The normalized spacial score (nSPS) is 11.0. The Morgan fingerprint density at radius 2 is 1.90 bits per heavy atom. The van der Waals surface area contributed by atoms with E-state index in [0.29, 0.717) is 16.8 Å². The first kappa shape index (κ1) is 16.0. The van der Waals surface area contributed by atoms with E-state index in [2.05, 4.69) is 38.4 Å². The lowest BCUT2D eigenvalue weighted by Gasteiger charge is -2.01. The molecule has 1 N–H and O–H groups in total. The maximum Gasteiger partial charge on any atom is 0.253 e. The standard InChI is InChI=1S/C14H16BrF2N3O/c1-2-5-18-6-3-4-12-19-20-14(21-12)13-10(16)7-9(15)8-11(13)17/h7-8,18H,2-6H2,1H3. The van der Waals surface area contributed by atoms with E-state index in [1.54, 1.807) is 0 Å². The Kier molecular flexibility index (Phi) is 5.81. The molecule has 21 heavy (non-hydrogen) atoms. The first-order valence-electron chi connectivity index (χ1n) is 6.79. The molecule has 0 unspecified atom stereocenters. The largest absolute Gasteiger partial charge is 0.420 e. The van der Waals surface area contributed by atoms with Gasteiger partial charge in [0.25, 0.3) is 5.89 Å². The number of aromatic nitrogens is 2. The lowest BCUT2D eigenvalue weighted by molar-refractivity contribution is 0.483. The van der Waals surface area contributed by atoms with Crippen LogP contribution in [-0.2, 0) is 6.42 Å². The molecule has 0 aliphatic carbocycles. The molecule has 1 aromatic heterocycles. The van der Waals surface area contributed by atoms with Gasteiger partial charge < -0.3 is 9.73 Å². The lowest BCUT2D eigenvalue weighted by Crippen LogP contribution is -2.16. The molecule has 4 nitrogen and oxygen atoms in total. The molecule has 0 saturated carbocycles. The summed E-state index contributed by atoms with van der Waals surface area (Å²) in [6, 6.07) is 2.33. The van der Waals surface area contributed by atoms with Crippen LogP contribution in [0.25, 0.3) is 11.5 Å². The number of nitrogens with one attached hydrogen (secondary N) is 1. The molecule has 1 heterocycles. The minimum absolute atomic E-state index is 0.131. The third kappa shape index (κ3) is 4.31. The Morgan fingerprint density at radius 3 is 2.57 bits per heavy atom. The zero-order valence-electron chi connectivity index (χ0n) is 11.6. The van der Waals surface area contributed by atoms with Gasteiger partial charge in [-0.1, -0.05) is 22.9 Å². The topological polar surface area (TPSA) is 51.0 Å². The van der Waals surface area contributed by atoms with Gasteiger partial charge >= 0.3 is 0 Å². The summed E-state index contributed by atoms with van der Waals surface area (Å²) in [6.07, 6.45) is 2.48. The highest BCUT2D eigenvalue weighted by molar-refractivity contribution is 9.10. The van der Waals surface area contributed by atoms with Gasteiger partial charge in [0, 0.05) is 10.9 Å². The van der Waals surface area contributed by atoms with E-state index < -0.39 is 11.6 Å². The highest BCUT2D eigenvalue weighted by Gasteiger charge is 2.18. The van der Waals surface area contributed by atoms with Crippen molar-refractivity contribution in [2.24, 2.45) is 0 Å². The van der Waals surface area contributed by atoms with Crippen molar-refractivity contribution in [1.82, 2.24) is 15.5 Å². The van der Waals surface area contributed by atoms with E-state index in [1.807, 2.05) is 0 Å². The molecule has 2 aromatic rings. The fraction of sp³-hybridized carbons (Fsp3) is 0.429. The summed E-state index contributed by atoms with van der Waals surface area (Å²) >= 11 is 3.03. The molecule has 0 spiro atoms. The average Bonchev–Trinajstić information content (AvgIpc) is 2.86. The average molecular weight is 360 g/mol. The minimum Gasteiger partial charge on any atom is -0.420 e. The molecule has 0 atom stereocenters. The van der Waals surface area contributed by atoms with Crippen LogP contribution in [-0.4, -0.2) is 23.3 Å². The summed E-state index contributed by atoms with van der Waals surface area (Å²) in [4.78, 5) is 0. The molecule has 7 heteroatoms. The van der Waals surface area contributed by atoms with E-state index in [9.17, 15) is 8.78 Å². The minimum atomic E-state index is -0.735. The molecule has 0 saturated heterocycles. The molecule has 0 fully saturated rings. The molecular formula is C14H16BrF2N3O. The van der Waals surface area contributed by atoms with Crippen LogP contribution in [0.15, 0.2) is 21.0 Å². The van der Waals surface area contributed by atoms with Crippen LogP contribution in [0.3, 0.4) is 0 Å². The number of benzene rings is 1. The third-order valence-electron chi connectivity index (χ3n) is 2.86. The van der Waals surface area contributed by atoms with Crippen molar-refractivity contribution >= 4 is 15.9 Å². The molecule has 114 valence electrons. The highest BCUT2D eigenvalue weighted by atomic mass is 79.9. The Hall–Kier alpha value is -1.34. The van der Waals surface area contributed by atoms with Gasteiger partial charge in [-0.2, -0.15) is 0 Å². The van der Waals surface area contributed by atoms with Gasteiger partial charge in [0.1, 0.15) is 17.2 Å². The molecule has 0 amide bonds. The number of nitrogens with zero attached hydrogens (tertiary/aromatic N) is 2. The van der Waals surface area contributed by atoms with Gasteiger partial charge in [-0.3, -0.25) is 0 Å². The summed E-state index contributed by atoms with van der Waals surface area (Å²) in [5, 5.41) is 10.8. The molecule has 0 bridgehead atoms. The summed E-state index contributed by atoms with van der Waals surface area (Å²) < 4.78 is 33.2. The molecular weight excluding hydrogens is 344 g/mol. The van der Waals surface area contributed by atoms with Gasteiger partial charge in [-0.25, -0.2) is 8.78 Å². The fourth-order valence-electron chi connectivity index (χ4n) is 1.87. The monoisotopic (exact) mass is 359 g/mol. The lowest BCUT2D eigenvalue weighted by atomic mass is 10.2. The number of aryl methyl sites for hydroxylation is 1. The Bertz CT molecular complexity index is 581. The van der Waals surface area contributed by atoms with Crippen LogP contribution in [0.1, 0.15) is 25.7 Å². The predicted molar refractivity (Wildman–Crippen MR) is 78.8 cm³/mol. The second-order valence-corrected chi connectivity index (χ2v) is 5.51. The van der Waals surface area contributed by atoms with Gasteiger partial charge in [0.2, 0.25) is 5.89 Å². The molecule has 1 aromatic carbocycles. The Morgan fingerprint density at radius 1 is 1.19 bits per heavy atom. The van der Waals surface area contributed by atoms with Crippen LogP contribution in [0.2, 0.25) is 0 Å². The fourth-order valence-corrected chi connectivity index (χ4v) is 2.27. The summed E-state index contributed by atoms with van der Waals surface area (Å²) in [5.41, 5.74) is -0.291. The summed E-state index contributed by atoms with van der Waals surface area (Å²) in [6.45, 7) is 3.90. The summed E-state index contributed by atoms with van der Waals surface area (Å²) in [5.74, 6) is -1.22. The molecule has 0 aliphatic heterocycles. The van der Waals surface area contributed by atoms with E-state index in [-0.39, 0.29) is 11.5 Å². The smallest absolute Gasteiger partial charge is 0.253 e. The maximum atomic E-state index is 13.8. The van der Waals surface area contributed by atoms with Crippen LogP contribution >= 0.6 is 15.9 Å². The Balaban J connectivity index is 2.03. The third-order valence-corrected chi connectivity index (χ3v) is 3.32. The van der Waals surface area contributed by atoms with E-state index >= 15 is 0 Å². The van der Waals surface area contributed by atoms with Crippen LogP contribution in [0.5, 0.6) is 0 Å². The van der Waals surface area contributed by atoms with Crippen molar-refractivity contribution in [2.45, 2.75) is 26.2 Å². The zero-order valence-corrected chi connectivity index (χ0v) is 13.2. The van der Waals surface area contributed by atoms with Gasteiger partial charge in [-0.15, -0.1) is 10.2 Å². The number of hydrogen-bond acceptors (Lipinski definition) is 4. The summed E-state index contributed by atoms with van der Waals surface area (Å²) in [7, 11) is 0. The van der Waals surface area contributed by atoms with E-state index in [4.69, 9.17) is 4.42 Å². The zero-order chi connectivity index (χ0) is 15.2. The number of halogens is 3. The van der Waals surface area contributed by atoms with Gasteiger partial charge in [0.15, 0.2) is 0 Å². The van der Waals surface area contributed by atoms with Crippen molar-refractivity contribution in [3.8, 4) is 11.5 Å². The maximum absolute atomic E-state index is 13.8. The quantitative estimate of drug-likeness (QED) is 0.765. The van der Waals surface area contributed by atoms with E-state index in [1.165, 1.54) is 0 Å². The Labute approximate surface area is 130 Å². The van der Waals surface area contributed by atoms with Crippen molar-refractivity contribution < 1.29 is 13.2 Å². The van der Waals surface area contributed by atoms with Crippen LogP contribution in [0, 0.1) is 11.6 Å². The van der Waals surface area contributed by atoms with Crippen molar-refractivity contribution in [1.29, 1.82) is 0 Å². The second kappa shape index (κ2) is 7.61. The van der Waals surface area contributed by atoms with Crippen molar-refractivity contribution in [3.05, 3.63) is 34.1 Å². The molecule has 0 radical (unpaired) electrons. The number of rotatable bonds is 7. The SMILES string of the molecule is CCCNCCCc1nnc(-c2c(F)cc(Br)cc2F)o1. The second-order valence-electron chi connectivity index (χ2n) is 4.60. The molecule has 0 aliphatic rings. The first-order chi connectivity index (χ1) is 10.1. The predicted octanol–water partition coefficient (Wildman–Crippen LogP) is 3.71. The van der Waals surface area contributed by atoms with Crippen molar-refractivity contribution in [3.63, 3.8) is 0 Å².